The normalized spacial score (nSPS) is 17.8. The molecular formula is C19H22F3N3O. The van der Waals surface area contributed by atoms with Gasteiger partial charge in [-0.1, -0.05) is 19.3 Å². The first-order valence-corrected chi connectivity index (χ1v) is 9.15. The van der Waals surface area contributed by atoms with Gasteiger partial charge in [0.25, 0.3) is 0 Å². The van der Waals surface area contributed by atoms with Crippen LogP contribution in [0.5, 0.6) is 5.75 Å². The maximum Gasteiger partial charge on any atom is 0.435 e. The molecule has 2 aliphatic rings. The zero-order valence-corrected chi connectivity index (χ0v) is 14.5. The summed E-state index contributed by atoms with van der Waals surface area (Å²) in [7, 11) is 0. The van der Waals surface area contributed by atoms with Crippen LogP contribution in [0.15, 0.2) is 24.4 Å². The van der Waals surface area contributed by atoms with Gasteiger partial charge < -0.3 is 10.1 Å². The van der Waals surface area contributed by atoms with Crippen LogP contribution < -0.4 is 10.1 Å². The molecule has 26 heavy (non-hydrogen) atoms. The number of ether oxygens (including phenoxy) is 1. The second kappa shape index (κ2) is 6.85. The lowest BCUT2D eigenvalue weighted by molar-refractivity contribution is -0.142. The van der Waals surface area contributed by atoms with Gasteiger partial charge in [-0.25, -0.2) is 0 Å². The quantitative estimate of drug-likeness (QED) is 0.833. The van der Waals surface area contributed by atoms with Crippen LogP contribution in [0.1, 0.15) is 55.0 Å². The average Bonchev–Trinajstić information content (AvgIpc) is 3.27. The van der Waals surface area contributed by atoms with E-state index >= 15 is 0 Å². The SMILES string of the molecule is FC(F)(F)c1nn(C2CCCCC2)cc1COc1ccc2c(c1)CCN2. The van der Waals surface area contributed by atoms with E-state index in [0.29, 0.717) is 5.75 Å². The Bertz CT molecular complexity index is 779. The van der Waals surface area contributed by atoms with Gasteiger partial charge in [0.1, 0.15) is 12.4 Å². The van der Waals surface area contributed by atoms with E-state index in [9.17, 15) is 13.2 Å². The van der Waals surface area contributed by atoms with Gasteiger partial charge >= 0.3 is 6.18 Å². The van der Waals surface area contributed by atoms with Gasteiger partial charge in [-0.3, -0.25) is 4.68 Å². The molecule has 0 unspecified atom stereocenters. The Labute approximate surface area is 150 Å². The molecule has 4 rings (SSSR count). The number of nitrogens with zero attached hydrogens (tertiary/aromatic N) is 2. The zero-order valence-electron chi connectivity index (χ0n) is 14.5. The second-order valence-corrected chi connectivity index (χ2v) is 7.06. The van der Waals surface area contributed by atoms with Crippen LogP contribution in [-0.2, 0) is 19.2 Å². The summed E-state index contributed by atoms with van der Waals surface area (Å²) in [6, 6.07) is 5.66. The molecule has 2 aromatic rings. The van der Waals surface area contributed by atoms with Gasteiger partial charge in [0.2, 0.25) is 0 Å². The van der Waals surface area contributed by atoms with E-state index < -0.39 is 11.9 Å². The topological polar surface area (TPSA) is 39.1 Å². The number of fused-ring (bicyclic) bond motifs is 1. The van der Waals surface area contributed by atoms with Crippen molar-refractivity contribution in [2.24, 2.45) is 0 Å². The number of anilines is 1. The van der Waals surface area contributed by atoms with E-state index in [1.165, 1.54) is 10.9 Å². The van der Waals surface area contributed by atoms with Crippen molar-refractivity contribution in [1.29, 1.82) is 0 Å². The summed E-state index contributed by atoms with van der Waals surface area (Å²) in [4.78, 5) is 0. The summed E-state index contributed by atoms with van der Waals surface area (Å²) in [5.74, 6) is 0.589. The van der Waals surface area contributed by atoms with Gasteiger partial charge in [0, 0.05) is 24.0 Å². The first-order valence-electron chi connectivity index (χ1n) is 9.15. The van der Waals surface area contributed by atoms with Crippen molar-refractivity contribution < 1.29 is 17.9 Å². The van der Waals surface area contributed by atoms with E-state index in [1.54, 1.807) is 6.07 Å². The van der Waals surface area contributed by atoms with Crippen LogP contribution >= 0.6 is 0 Å². The largest absolute Gasteiger partial charge is 0.489 e. The lowest BCUT2D eigenvalue weighted by Gasteiger charge is -2.21. The molecule has 2 heterocycles. The maximum absolute atomic E-state index is 13.4. The summed E-state index contributed by atoms with van der Waals surface area (Å²) < 4.78 is 47.4. The van der Waals surface area contributed by atoms with Crippen molar-refractivity contribution in [3.63, 3.8) is 0 Å². The minimum absolute atomic E-state index is 0.0599. The Morgan fingerprint density at radius 2 is 2.00 bits per heavy atom. The molecule has 1 N–H and O–H groups in total. The summed E-state index contributed by atoms with van der Waals surface area (Å²) in [5.41, 5.74) is 1.47. The van der Waals surface area contributed by atoms with Crippen molar-refractivity contribution >= 4 is 5.69 Å². The highest BCUT2D eigenvalue weighted by Crippen LogP contribution is 2.35. The van der Waals surface area contributed by atoms with Crippen molar-refractivity contribution in [1.82, 2.24) is 9.78 Å². The molecule has 140 valence electrons. The van der Waals surface area contributed by atoms with Crippen LogP contribution in [0.3, 0.4) is 0 Å². The fourth-order valence-electron chi connectivity index (χ4n) is 3.84. The molecule has 0 bridgehead atoms. The van der Waals surface area contributed by atoms with Crippen LogP contribution in [0.25, 0.3) is 0 Å². The van der Waals surface area contributed by atoms with Crippen LogP contribution in [0, 0.1) is 0 Å². The first kappa shape index (κ1) is 17.2. The number of alkyl halides is 3. The van der Waals surface area contributed by atoms with Gasteiger partial charge in [-0.2, -0.15) is 18.3 Å². The molecule has 0 atom stereocenters. The number of aromatic nitrogens is 2. The third-order valence-corrected chi connectivity index (χ3v) is 5.21. The highest BCUT2D eigenvalue weighted by Gasteiger charge is 2.38. The molecule has 0 saturated heterocycles. The Balaban J connectivity index is 1.53. The van der Waals surface area contributed by atoms with Crippen LogP contribution in [0.4, 0.5) is 18.9 Å². The third-order valence-electron chi connectivity index (χ3n) is 5.21. The van der Waals surface area contributed by atoms with E-state index in [4.69, 9.17) is 4.74 Å². The van der Waals surface area contributed by atoms with Gasteiger partial charge in [0.05, 0.1) is 6.04 Å². The highest BCUT2D eigenvalue weighted by molar-refractivity contribution is 5.57. The molecule has 1 fully saturated rings. The predicted octanol–water partition coefficient (Wildman–Crippen LogP) is 4.95. The van der Waals surface area contributed by atoms with Crippen molar-refractivity contribution in [2.75, 3.05) is 11.9 Å². The lowest BCUT2D eigenvalue weighted by atomic mass is 9.96. The minimum Gasteiger partial charge on any atom is -0.489 e. The highest BCUT2D eigenvalue weighted by atomic mass is 19.4. The van der Waals surface area contributed by atoms with Crippen molar-refractivity contribution in [2.45, 2.75) is 57.3 Å². The lowest BCUT2D eigenvalue weighted by Crippen LogP contribution is -2.15. The molecular weight excluding hydrogens is 343 g/mol. The number of benzene rings is 1. The number of hydrogen-bond donors (Lipinski definition) is 1. The van der Waals surface area contributed by atoms with E-state index in [1.807, 2.05) is 12.1 Å². The smallest absolute Gasteiger partial charge is 0.435 e. The Morgan fingerprint density at radius 3 is 2.77 bits per heavy atom. The fraction of sp³-hybridized carbons (Fsp3) is 0.526. The molecule has 1 aliphatic heterocycles. The summed E-state index contributed by atoms with van der Waals surface area (Å²) in [6.45, 7) is 0.749. The zero-order chi connectivity index (χ0) is 18.1. The summed E-state index contributed by atoms with van der Waals surface area (Å²) >= 11 is 0. The third kappa shape index (κ3) is 3.52. The van der Waals surface area contributed by atoms with Crippen molar-refractivity contribution in [3.05, 3.63) is 41.2 Å². The Hall–Kier alpha value is -2.18. The van der Waals surface area contributed by atoms with E-state index in [-0.39, 0.29) is 18.2 Å². The minimum atomic E-state index is -4.47. The second-order valence-electron chi connectivity index (χ2n) is 7.06. The van der Waals surface area contributed by atoms with E-state index in [2.05, 4.69) is 10.4 Å². The van der Waals surface area contributed by atoms with Crippen molar-refractivity contribution in [3.8, 4) is 5.75 Å². The Kier molecular flexibility index (Phi) is 4.54. The van der Waals surface area contributed by atoms with Crippen LogP contribution in [-0.4, -0.2) is 16.3 Å². The molecule has 1 aromatic heterocycles. The molecule has 1 aliphatic carbocycles. The fourth-order valence-corrected chi connectivity index (χ4v) is 3.84. The Morgan fingerprint density at radius 1 is 1.19 bits per heavy atom. The summed E-state index contributed by atoms with van der Waals surface area (Å²) in [5, 5.41) is 7.13. The average molecular weight is 365 g/mol. The standard InChI is InChI=1S/C19H22F3N3O/c20-19(21,22)18-14(11-25(24-18)15-4-2-1-3-5-15)12-26-16-6-7-17-13(10-16)8-9-23-17/h6-7,10-11,15,23H,1-5,8-9,12H2. The molecule has 0 amide bonds. The van der Waals surface area contributed by atoms with Gasteiger partial charge in [0.15, 0.2) is 5.69 Å². The number of halogens is 3. The van der Waals surface area contributed by atoms with Crippen LogP contribution in [0.2, 0.25) is 0 Å². The molecule has 0 spiro atoms. The van der Waals surface area contributed by atoms with Gasteiger partial charge in [-0.05, 0) is 43.0 Å². The number of hydrogen-bond acceptors (Lipinski definition) is 3. The molecule has 0 radical (unpaired) electrons. The number of nitrogens with one attached hydrogen (secondary N) is 1. The predicted molar refractivity (Wildman–Crippen MR) is 92.3 cm³/mol. The summed E-state index contributed by atoms with van der Waals surface area (Å²) in [6.07, 6.45) is 2.96. The molecule has 1 saturated carbocycles. The van der Waals surface area contributed by atoms with Gasteiger partial charge in [-0.15, -0.1) is 0 Å². The monoisotopic (exact) mass is 365 g/mol. The molecule has 7 heteroatoms. The first-order chi connectivity index (χ1) is 12.5. The molecule has 1 aromatic carbocycles. The molecule has 4 nitrogen and oxygen atoms in total. The maximum atomic E-state index is 13.4. The number of rotatable bonds is 4. The van der Waals surface area contributed by atoms with E-state index in [0.717, 1.165) is 56.3 Å².